The quantitative estimate of drug-likeness (QED) is 0.601. The molecule has 27 heavy (non-hydrogen) atoms. The number of carbonyl (C=O) groups is 2. The van der Waals surface area contributed by atoms with Crippen LogP contribution in [0.15, 0.2) is 54.7 Å². The van der Waals surface area contributed by atoms with Crippen molar-refractivity contribution in [1.29, 1.82) is 0 Å². The van der Waals surface area contributed by atoms with Crippen molar-refractivity contribution in [3.8, 4) is 5.75 Å². The van der Waals surface area contributed by atoms with E-state index in [4.69, 9.17) is 4.74 Å². The fourth-order valence-corrected chi connectivity index (χ4v) is 2.76. The van der Waals surface area contributed by atoms with E-state index in [-0.39, 0.29) is 6.54 Å². The van der Waals surface area contributed by atoms with Crippen molar-refractivity contribution in [1.82, 2.24) is 9.88 Å². The molecule has 0 aliphatic rings. The number of rotatable bonds is 5. The molecule has 2 amide bonds. The van der Waals surface area contributed by atoms with Crippen LogP contribution in [0.4, 0.5) is 5.69 Å². The molecule has 0 bridgehead atoms. The Labute approximate surface area is 156 Å². The minimum atomic E-state index is -0.910. The first-order chi connectivity index (χ1) is 13.0. The van der Waals surface area contributed by atoms with Crippen LogP contribution < -0.4 is 15.4 Å². The number of benzene rings is 2. The number of hydrogen-bond donors (Lipinski definition) is 3. The first-order valence-electron chi connectivity index (χ1n) is 8.44. The summed E-state index contributed by atoms with van der Waals surface area (Å²) in [4.78, 5) is 23.9. The van der Waals surface area contributed by atoms with Gasteiger partial charge in [0.1, 0.15) is 5.75 Å². The molecule has 0 saturated carbocycles. The number of nitrogens with one attached hydrogen (secondary N) is 2. The summed E-state index contributed by atoms with van der Waals surface area (Å²) >= 11 is 0. The van der Waals surface area contributed by atoms with Gasteiger partial charge in [-0.3, -0.25) is 9.59 Å². The molecule has 1 atom stereocenters. The molecule has 7 heteroatoms. The summed E-state index contributed by atoms with van der Waals surface area (Å²) in [5.41, 5.74) is 2.20. The molecule has 0 saturated heterocycles. The fraction of sp³-hybridized carbons (Fsp3) is 0.200. The van der Waals surface area contributed by atoms with Crippen molar-refractivity contribution in [3.05, 3.63) is 60.3 Å². The van der Waals surface area contributed by atoms with Gasteiger partial charge in [0.2, 0.25) is 0 Å². The standard InChI is InChI=1S/C20H21N3O4/c1-23-10-9-13-11-14(3-8-17(13)23)18(24)12-21-19(25)20(26)22-15-4-6-16(27-2)7-5-15/h3-11,18,24H,12H2,1-2H3,(H,21,25)(H,22,26). The summed E-state index contributed by atoms with van der Waals surface area (Å²) in [6.07, 6.45) is 1.03. The van der Waals surface area contributed by atoms with Crippen molar-refractivity contribution in [2.75, 3.05) is 19.0 Å². The Kier molecular flexibility index (Phi) is 5.42. The predicted molar refractivity (Wildman–Crippen MR) is 103 cm³/mol. The molecule has 7 nitrogen and oxygen atoms in total. The van der Waals surface area contributed by atoms with Crippen molar-refractivity contribution >= 4 is 28.4 Å². The highest BCUT2D eigenvalue weighted by Gasteiger charge is 2.16. The first-order valence-corrected chi connectivity index (χ1v) is 8.44. The van der Waals surface area contributed by atoms with E-state index < -0.39 is 17.9 Å². The van der Waals surface area contributed by atoms with Gasteiger partial charge < -0.3 is 25.0 Å². The van der Waals surface area contributed by atoms with Gasteiger partial charge in [0.15, 0.2) is 0 Å². The van der Waals surface area contributed by atoms with Crippen molar-refractivity contribution in [2.24, 2.45) is 7.05 Å². The third-order valence-corrected chi connectivity index (χ3v) is 4.30. The maximum absolute atomic E-state index is 12.0. The highest BCUT2D eigenvalue weighted by Crippen LogP contribution is 2.21. The minimum Gasteiger partial charge on any atom is -0.497 e. The Hall–Kier alpha value is -3.32. The van der Waals surface area contributed by atoms with Gasteiger partial charge in [-0.25, -0.2) is 0 Å². The summed E-state index contributed by atoms with van der Waals surface area (Å²) in [6.45, 7) is -0.0623. The highest BCUT2D eigenvalue weighted by atomic mass is 16.5. The second kappa shape index (κ2) is 7.92. The molecule has 1 aromatic heterocycles. The molecule has 3 N–H and O–H groups in total. The maximum Gasteiger partial charge on any atom is 0.313 e. The summed E-state index contributed by atoms with van der Waals surface area (Å²) in [7, 11) is 3.49. The smallest absolute Gasteiger partial charge is 0.313 e. The van der Waals surface area contributed by atoms with E-state index >= 15 is 0 Å². The van der Waals surface area contributed by atoms with Gasteiger partial charge >= 0.3 is 11.8 Å². The molecule has 0 spiro atoms. The number of nitrogens with zero attached hydrogens (tertiary/aromatic N) is 1. The highest BCUT2D eigenvalue weighted by molar-refractivity contribution is 6.39. The number of amides is 2. The van der Waals surface area contributed by atoms with Crippen LogP contribution in [0, 0.1) is 0 Å². The fourth-order valence-electron chi connectivity index (χ4n) is 2.76. The van der Waals surface area contributed by atoms with Crippen LogP contribution in [0.5, 0.6) is 5.75 Å². The zero-order chi connectivity index (χ0) is 19.4. The molecule has 3 rings (SSSR count). The van der Waals surface area contributed by atoms with Crippen molar-refractivity contribution < 1.29 is 19.4 Å². The molecule has 2 aromatic carbocycles. The Morgan fingerprint density at radius 1 is 1.11 bits per heavy atom. The van der Waals surface area contributed by atoms with E-state index in [9.17, 15) is 14.7 Å². The lowest BCUT2D eigenvalue weighted by atomic mass is 10.1. The van der Waals surface area contributed by atoms with Crippen LogP contribution >= 0.6 is 0 Å². The topological polar surface area (TPSA) is 92.6 Å². The summed E-state index contributed by atoms with van der Waals surface area (Å²) in [5, 5.41) is 16.2. The number of methoxy groups -OCH3 is 1. The minimum absolute atomic E-state index is 0.0623. The van der Waals surface area contributed by atoms with Gasteiger partial charge in [-0.15, -0.1) is 0 Å². The molecule has 0 fully saturated rings. The van der Waals surface area contributed by atoms with Gasteiger partial charge in [-0.05, 0) is 53.4 Å². The summed E-state index contributed by atoms with van der Waals surface area (Å²) in [6, 6.07) is 14.1. The van der Waals surface area contributed by atoms with Crippen LogP contribution in [-0.2, 0) is 16.6 Å². The Bertz CT molecular complexity index is 963. The van der Waals surface area contributed by atoms with Gasteiger partial charge in [-0.1, -0.05) is 6.07 Å². The molecule has 0 aliphatic heterocycles. The molecular formula is C20H21N3O4. The van der Waals surface area contributed by atoms with Gasteiger partial charge in [0, 0.05) is 31.0 Å². The van der Waals surface area contributed by atoms with Crippen molar-refractivity contribution in [3.63, 3.8) is 0 Å². The number of ether oxygens (including phenoxy) is 1. The average Bonchev–Trinajstić information content (AvgIpc) is 3.06. The number of fused-ring (bicyclic) bond motifs is 1. The lowest BCUT2D eigenvalue weighted by Gasteiger charge is -2.13. The summed E-state index contributed by atoms with van der Waals surface area (Å²) < 4.78 is 7.02. The van der Waals surface area contributed by atoms with Gasteiger partial charge in [0.05, 0.1) is 13.2 Å². The second-order valence-corrected chi connectivity index (χ2v) is 6.15. The van der Waals surface area contributed by atoms with Gasteiger partial charge in [0.25, 0.3) is 0 Å². The third kappa shape index (κ3) is 4.27. The van der Waals surface area contributed by atoms with Crippen LogP contribution in [0.3, 0.4) is 0 Å². The second-order valence-electron chi connectivity index (χ2n) is 6.15. The first kappa shape index (κ1) is 18.5. The Morgan fingerprint density at radius 2 is 1.85 bits per heavy atom. The maximum atomic E-state index is 12.0. The molecule has 0 aliphatic carbocycles. The Balaban J connectivity index is 1.55. The SMILES string of the molecule is COc1ccc(NC(=O)C(=O)NCC(O)c2ccc3c(ccn3C)c2)cc1. The number of aliphatic hydroxyl groups excluding tert-OH is 1. The summed E-state index contributed by atoms with van der Waals surface area (Å²) in [5.74, 6) is -0.965. The van der Waals surface area contributed by atoms with E-state index in [0.717, 1.165) is 10.9 Å². The van der Waals surface area contributed by atoms with E-state index in [1.54, 1.807) is 37.4 Å². The molecule has 140 valence electrons. The molecule has 1 unspecified atom stereocenters. The number of anilines is 1. The van der Waals surface area contributed by atoms with E-state index in [1.165, 1.54) is 0 Å². The van der Waals surface area contributed by atoms with Crippen molar-refractivity contribution in [2.45, 2.75) is 6.10 Å². The molecule has 3 aromatic rings. The number of aryl methyl sites for hydroxylation is 1. The lowest BCUT2D eigenvalue weighted by molar-refractivity contribution is -0.136. The van der Waals surface area contributed by atoms with Crippen LogP contribution in [0.2, 0.25) is 0 Å². The zero-order valence-electron chi connectivity index (χ0n) is 15.1. The number of aliphatic hydroxyl groups is 1. The van der Waals surface area contributed by atoms with Gasteiger partial charge in [-0.2, -0.15) is 0 Å². The monoisotopic (exact) mass is 367 g/mol. The van der Waals surface area contributed by atoms with E-state index in [1.807, 2.05) is 36.0 Å². The lowest BCUT2D eigenvalue weighted by Crippen LogP contribution is -2.37. The number of hydrogen-bond acceptors (Lipinski definition) is 4. The van der Waals surface area contributed by atoms with Crippen LogP contribution in [-0.4, -0.2) is 35.1 Å². The third-order valence-electron chi connectivity index (χ3n) is 4.30. The largest absolute Gasteiger partial charge is 0.497 e. The zero-order valence-corrected chi connectivity index (χ0v) is 15.1. The van der Waals surface area contributed by atoms with Crippen LogP contribution in [0.1, 0.15) is 11.7 Å². The number of aromatic nitrogens is 1. The van der Waals surface area contributed by atoms with E-state index in [0.29, 0.717) is 17.0 Å². The number of carbonyl (C=O) groups excluding carboxylic acids is 2. The van der Waals surface area contributed by atoms with Crippen LogP contribution in [0.25, 0.3) is 10.9 Å². The Morgan fingerprint density at radius 3 is 2.56 bits per heavy atom. The predicted octanol–water partition coefficient (Wildman–Crippen LogP) is 1.98. The van der Waals surface area contributed by atoms with E-state index in [2.05, 4.69) is 10.6 Å². The molecule has 0 radical (unpaired) electrons. The molecular weight excluding hydrogens is 346 g/mol. The average molecular weight is 367 g/mol. The normalized spacial score (nSPS) is 11.8. The molecule has 1 heterocycles.